The van der Waals surface area contributed by atoms with Crippen molar-refractivity contribution in [2.24, 2.45) is 11.8 Å². The number of carbonyl (C=O) groups is 1. The number of rotatable bonds is 7. The maximum Gasteiger partial charge on any atom is 0.241 e. The van der Waals surface area contributed by atoms with Crippen LogP contribution < -0.4 is 14.4 Å². The van der Waals surface area contributed by atoms with Crippen molar-refractivity contribution in [2.45, 2.75) is 38.6 Å². The number of fused-ring (bicyclic) bond motifs is 2. The van der Waals surface area contributed by atoms with Crippen LogP contribution in [0.3, 0.4) is 0 Å². The monoisotopic (exact) mass is 366 g/mol. The molecule has 1 N–H and O–H groups in total. The molecule has 0 heterocycles. The molecule has 3 rings (SSSR count). The first-order valence-corrected chi connectivity index (χ1v) is 10.7. The summed E-state index contributed by atoms with van der Waals surface area (Å²) in [7, 11) is -3.55. The Bertz CT molecular complexity index is 717. The van der Waals surface area contributed by atoms with Crippen LogP contribution in [0.2, 0.25) is 0 Å². The van der Waals surface area contributed by atoms with Gasteiger partial charge in [0.25, 0.3) is 0 Å². The maximum atomic E-state index is 12.4. The van der Waals surface area contributed by atoms with Gasteiger partial charge in [0.05, 0.1) is 18.6 Å². The molecule has 2 fully saturated rings. The fraction of sp³-hybridized carbons (Fsp3) is 0.611. The Morgan fingerprint density at radius 2 is 1.96 bits per heavy atom. The molecule has 1 aromatic rings. The first-order valence-electron chi connectivity index (χ1n) is 8.86. The highest BCUT2D eigenvalue weighted by atomic mass is 32.2. The van der Waals surface area contributed by atoms with E-state index in [1.54, 1.807) is 24.3 Å². The summed E-state index contributed by atoms with van der Waals surface area (Å²) in [6, 6.07) is 6.96. The van der Waals surface area contributed by atoms with E-state index >= 15 is 0 Å². The molecule has 1 aromatic carbocycles. The van der Waals surface area contributed by atoms with Gasteiger partial charge in [0.15, 0.2) is 0 Å². The zero-order chi connectivity index (χ0) is 18.0. The molecular weight excluding hydrogens is 340 g/mol. The van der Waals surface area contributed by atoms with E-state index in [1.165, 1.54) is 19.3 Å². The van der Waals surface area contributed by atoms with Gasteiger partial charge in [-0.2, -0.15) is 0 Å². The third kappa shape index (κ3) is 4.26. The molecule has 7 heteroatoms. The van der Waals surface area contributed by atoms with Crippen molar-refractivity contribution >= 4 is 21.6 Å². The summed E-state index contributed by atoms with van der Waals surface area (Å²) in [5, 5.41) is 3.04. The van der Waals surface area contributed by atoms with Gasteiger partial charge in [-0.15, -0.1) is 0 Å². The van der Waals surface area contributed by atoms with E-state index in [1.807, 2.05) is 6.92 Å². The highest BCUT2D eigenvalue weighted by molar-refractivity contribution is 7.92. The number of ether oxygens (including phenoxy) is 1. The summed E-state index contributed by atoms with van der Waals surface area (Å²) in [6.07, 6.45) is 5.77. The summed E-state index contributed by atoms with van der Waals surface area (Å²) in [5.74, 6) is 1.72. The lowest BCUT2D eigenvalue weighted by Gasteiger charge is -2.26. The molecule has 0 unspecified atom stereocenters. The molecule has 2 aliphatic rings. The molecule has 138 valence electrons. The predicted octanol–water partition coefficient (Wildman–Crippen LogP) is 2.16. The van der Waals surface area contributed by atoms with Gasteiger partial charge in [-0.25, -0.2) is 8.42 Å². The van der Waals surface area contributed by atoms with E-state index < -0.39 is 10.0 Å². The molecular formula is C18H26N2O4S. The summed E-state index contributed by atoms with van der Waals surface area (Å²) in [4.78, 5) is 12.4. The zero-order valence-electron chi connectivity index (χ0n) is 14.8. The molecule has 0 spiro atoms. The molecule has 0 radical (unpaired) electrons. The quantitative estimate of drug-likeness (QED) is 0.802. The topological polar surface area (TPSA) is 75.7 Å². The number of hydrogen-bond donors (Lipinski definition) is 1. The Labute approximate surface area is 149 Å². The molecule has 6 nitrogen and oxygen atoms in total. The maximum absolute atomic E-state index is 12.4. The van der Waals surface area contributed by atoms with Crippen molar-refractivity contribution in [3.8, 4) is 5.75 Å². The lowest BCUT2D eigenvalue weighted by molar-refractivity contribution is -0.120. The van der Waals surface area contributed by atoms with E-state index in [0.717, 1.165) is 22.9 Å². The van der Waals surface area contributed by atoms with Crippen molar-refractivity contribution in [1.29, 1.82) is 0 Å². The smallest absolute Gasteiger partial charge is 0.241 e. The Morgan fingerprint density at radius 3 is 2.48 bits per heavy atom. The van der Waals surface area contributed by atoms with Gasteiger partial charge in [0.2, 0.25) is 15.9 Å². The molecule has 0 aliphatic heterocycles. The number of nitrogens with one attached hydrogen (secondary N) is 1. The zero-order valence-corrected chi connectivity index (χ0v) is 15.6. The minimum absolute atomic E-state index is 0.194. The summed E-state index contributed by atoms with van der Waals surface area (Å²) >= 11 is 0. The average Bonchev–Trinajstić information content (AvgIpc) is 3.15. The normalized spacial score (nSPS) is 25.0. The third-order valence-electron chi connectivity index (χ3n) is 5.21. The Balaban J connectivity index is 1.67. The van der Waals surface area contributed by atoms with E-state index in [9.17, 15) is 13.2 Å². The minimum Gasteiger partial charge on any atom is -0.494 e. The molecule has 3 atom stereocenters. The highest BCUT2D eigenvalue weighted by Crippen LogP contribution is 2.44. The fourth-order valence-electron chi connectivity index (χ4n) is 4.08. The van der Waals surface area contributed by atoms with Gasteiger partial charge in [-0.05, 0) is 62.3 Å². The lowest BCUT2D eigenvalue weighted by Crippen LogP contribution is -2.45. The van der Waals surface area contributed by atoms with Crippen LogP contribution in [0.1, 0.15) is 32.6 Å². The van der Waals surface area contributed by atoms with Crippen LogP contribution in [0.5, 0.6) is 5.75 Å². The molecule has 2 aliphatic carbocycles. The van der Waals surface area contributed by atoms with Crippen molar-refractivity contribution in [1.82, 2.24) is 5.32 Å². The summed E-state index contributed by atoms with van der Waals surface area (Å²) in [5.41, 5.74) is 0.467. The van der Waals surface area contributed by atoms with Gasteiger partial charge in [-0.3, -0.25) is 9.10 Å². The van der Waals surface area contributed by atoms with Gasteiger partial charge in [-0.1, -0.05) is 6.42 Å². The van der Waals surface area contributed by atoms with E-state index in [0.29, 0.717) is 24.0 Å². The molecule has 0 saturated heterocycles. The van der Waals surface area contributed by atoms with Crippen LogP contribution in [-0.2, 0) is 14.8 Å². The average molecular weight is 366 g/mol. The minimum atomic E-state index is -3.55. The van der Waals surface area contributed by atoms with Gasteiger partial charge in [0, 0.05) is 6.04 Å². The van der Waals surface area contributed by atoms with Crippen molar-refractivity contribution in [3.63, 3.8) is 0 Å². The number of sulfonamides is 1. The number of nitrogens with zero attached hydrogens (tertiary/aromatic N) is 1. The van der Waals surface area contributed by atoms with Crippen molar-refractivity contribution in [2.75, 3.05) is 23.7 Å². The van der Waals surface area contributed by atoms with Crippen LogP contribution in [0.15, 0.2) is 24.3 Å². The van der Waals surface area contributed by atoms with Crippen LogP contribution in [0.25, 0.3) is 0 Å². The standard InChI is InChI=1S/C18H26N2O4S/c1-3-24-16-8-6-15(7-9-16)20(25(2,22)23)12-18(21)19-17-11-13-4-5-14(17)10-13/h6-9,13-14,17H,3-5,10-12H2,1-2H3,(H,19,21)/t13-,14-,17-/m0/s1. The van der Waals surface area contributed by atoms with Gasteiger partial charge < -0.3 is 10.1 Å². The van der Waals surface area contributed by atoms with Gasteiger partial charge >= 0.3 is 0 Å². The third-order valence-corrected chi connectivity index (χ3v) is 6.35. The van der Waals surface area contributed by atoms with E-state index in [-0.39, 0.29) is 18.5 Å². The van der Waals surface area contributed by atoms with E-state index in [4.69, 9.17) is 4.74 Å². The van der Waals surface area contributed by atoms with Gasteiger partial charge in [0.1, 0.15) is 12.3 Å². The van der Waals surface area contributed by atoms with Crippen LogP contribution in [0, 0.1) is 11.8 Å². The number of amides is 1. The Morgan fingerprint density at radius 1 is 1.24 bits per heavy atom. The van der Waals surface area contributed by atoms with Crippen LogP contribution >= 0.6 is 0 Å². The van der Waals surface area contributed by atoms with Crippen molar-refractivity contribution < 1.29 is 17.9 Å². The highest BCUT2D eigenvalue weighted by Gasteiger charge is 2.40. The summed E-state index contributed by atoms with van der Waals surface area (Å²) in [6.45, 7) is 2.23. The molecule has 2 bridgehead atoms. The Kier molecular flexibility index (Phi) is 5.22. The fourth-order valence-corrected chi connectivity index (χ4v) is 4.94. The Hall–Kier alpha value is -1.76. The number of carbonyl (C=O) groups excluding carboxylic acids is 1. The van der Waals surface area contributed by atoms with Crippen molar-refractivity contribution in [3.05, 3.63) is 24.3 Å². The second kappa shape index (κ2) is 7.23. The number of benzene rings is 1. The summed E-state index contributed by atoms with van der Waals surface area (Å²) < 4.78 is 30.8. The lowest BCUT2D eigenvalue weighted by atomic mass is 9.95. The van der Waals surface area contributed by atoms with E-state index in [2.05, 4.69) is 5.32 Å². The number of anilines is 1. The second-order valence-corrected chi connectivity index (χ2v) is 8.95. The molecule has 25 heavy (non-hydrogen) atoms. The SMILES string of the molecule is CCOc1ccc(N(CC(=O)N[C@H]2C[C@H]3CC[C@H]2C3)S(C)(=O)=O)cc1. The second-order valence-electron chi connectivity index (χ2n) is 7.05. The first-order chi connectivity index (χ1) is 11.9. The molecule has 1 amide bonds. The largest absolute Gasteiger partial charge is 0.494 e. The molecule has 2 saturated carbocycles. The van der Waals surface area contributed by atoms with Crippen LogP contribution in [0.4, 0.5) is 5.69 Å². The number of hydrogen-bond acceptors (Lipinski definition) is 4. The van der Waals surface area contributed by atoms with Crippen LogP contribution in [-0.4, -0.2) is 39.8 Å². The predicted molar refractivity (Wildman–Crippen MR) is 97.2 cm³/mol. The first kappa shape index (κ1) is 18.0. The molecule has 0 aromatic heterocycles.